The second-order valence-corrected chi connectivity index (χ2v) is 37.3. The second kappa shape index (κ2) is 32.0. The summed E-state index contributed by atoms with van der Waals surface area (Å²) in [4.78, 5) is 76.3. The van der Waals surface area contributed by atoms with Crippen molar-refractivity contribution in [3.8, 4) is 0 Å². The Bertz CT molecular complexity index is 3380. The fourth-order valence-electron chi connectivity index (χ4n) is 15.9. The van der Waals surface area contributed by atoms with E-state index in [0.29, 0.717) is 56.8 Å². The molecule has 3 aromatic rings. The maximum absolute atomic E-state index is 13.3. The van der Waals surface area contributed by atoms with E-state index in [0.717, 1.165) is 62.7 Å². The van der Waals surface area contributed by atoms with Crippen LogP contribution in [-0.2, 0) is 78.2 Å². The first-order chi connectivity index (χ1) is 46.7. The van der Waals surface area contributed by atoms with Crippen LogP contribution in [0, 0.1) is 62.0 Å². The summed E-state index contributed by atoms with van der Waals surface area (Å²) in [6.45, 7) is 29.6. The number of rotatable bonds is 19. The third kappa shape index (κ3) is 21.1. The van der Waals surface area contributed by atoms with E-state index in [4.69, 9.17) is 23.7 Å². The van der Waals surface area contributed by atoms with Gasteiger partial charge in [0.1, 0.15) is 35.3 Å². The smallest absolute Gasteiger partial charge is 0.426 e. The number of hydrogen-bond acceptors (Lipinski definition) is 16. The summed E-state index contributed by atoms with van der Waals surface area (Å²) in [6.07, 6.45) is 7.03. The summed E-state index contributed by atoms with van der Waals surface area (Å²) in [7, 11) is -5.46. The standard InChI is InChI=1S/C20H29F3O7S.C18H14FS.C16H26O3.C15H28O2.C10H16O4/c1-4-17(2,3)15(24)30-19-8-12-5-13(9-19)7-18(6-12,11-19)16(25)29-14(20(21,22)23)10-31(26,27)28;19-15-11-13-18(14-12-15)20(16-7-3-1-4-8-16)17-9-5-2-6-10-17;1-4-14(2,3)13(17)19-16-8-11-5-12(9-16)7-15(18,6-11)10-16;1-7-14(5,6)12(16)17-15(13(2,3)4)10-8-9-11-15;1-4-10(2,3)9(12)14-7-5-8(11)13-6-7/h12-14H,4-11H2,1-3H3,(H,26,27,28);1-14H;11-12,18H,4-10H2,1-3H3;7-11H2,1-6H3;7H,4-6H2,1-3H3/q;+1;;;/p-1. The van der Waals surface area contributed by atoms with Gasteiger partial charge in [-0.25, -0.2) is 12.8 Å². The van der Waals surface area contributed by atoms with E-state index in [-0.39, 0.29) is 100 Å². The number of carbonyl (C=O) groups is 6. The highest BCUT2D eigenvalue weighted by Crippen LogP contribution is 2.64. The normalized spacial score (nSPS) is 27.3. The van der Waals surface area contributed by atoms with Gasteiger partial charge in [0.15, 0.2) is 14.7 Å². The van der Waals surface area contributed by atoms with Crippen LogP contribution >= 0.6 is 0 Å². The molecular weight excluding hydrogens is 1340 g/mol. The highest BCUT2D eigenvalue weighted by Gasteiger charge is 2.65. The van der Waals surface area contributed by atoms with E-state index in [1.165, 1.54) is 41.2 Å². The molecule has 1 saturated heterocycles. The number of aliphatic hydroxyl groups is 1. The van der Waals surface area contributed by atoms with Crippen LogP contribution in [0.2, 0.25) is 0 Å². The van der Waals surface area contributed by atoms with Crippen LogP contribution < -0.4 is 0 Å². The largest absolute Gasteiger partial charge is 0.748 e. The van der Waals surface area contributed by atoms with Gasteiger partial charge in [0.2, 0.25) is 6.10 Å². The monoisotopic (exact) mass is 1460 g/mol. The summed E-state index contributed by atoms with van der Waals surface area (Å²) in [5.74, 6) is -3.19. The first kappa shape index (κ1) is 82.7. The van der Waals surface area contributed by atoms with Gasteiger partial charge < -0.3 is 38.1 Å². The van der Waals surface area contributed by atoms with Crippen LogP contribution in [0.5, 0.6) is 0 Å². The molecule has 0 aromatic heterocycles. The topological polar surface area (TPSA) is 235 Å². The average molecular weight is 1460 g/mol. The molecule has 1 heterocycles. The summed E-state index contributed by atoms with van der Waals surface area (Å²) >= 11 is 0. The molecule has 8 bridgehead atoms. The van der Waals surface area contributed by atoms with Gasteiger partial charge in [-0.1, -0.05) is 84.9 Å². The van der Waals surface area contributed by atoms with Crippen molar-refractivity contribution in [1.29, 1.82) is 0 Å². The Morgan fingerprint density at radius 1 is 0.584 bits per heavy atom. The van der Waals surface area contributed by atoms with Gasteiger partial charge in [0.25, 0.3) is 0 Å². The Morgan fingerprint density at radius 3 is 1.36 bits per heavy atom. The van der Waals surface area contributed by atoms with Gasteiger partial charge in [0.05, 0.1) is 65.9 Å². The van der Waals surface area contributed by atoms with Crippen LogP contribution in [-0.4, -0.2) is 107 Å². The van der Waals surface area contributed by atoms with E-state index in [9.17, 15) is 64.4 Å². The molecule has 0 spiro atoms. The molecule has 1 N–H and O–H groups in total. The molecule has 6 unspecified atom stereocenters. The first-order valence-electron chi connectivity index (χ1n) is 36.3. The van der Waals surface area contributed by atoms with E-state index < -0.39 is 73.0 Å². The predicted octanol–water partition coefficient (Wildman–Crippen LogP) is 16.9. The minimum atomic E-state index is -5.27. The molecule has 0 amide bonds. The Hall–Kier alpha value is -5.58. The molecule has 22 heteroatoms. The van der Waals surface area contributed by atoms with Crippen LogP contribution in [0.15, 0.2) is 99.6 Å². The number of cyclic esters (lactones) is 1. The van der Waals surface area contributed by atoms with Crippen LogP contribution in [0.1, 0.15) is 239 Å². The van der Waals surface area contributed by atoms with E-state index in [1.54, 1.807) is 13.8 Å². The summed E-state index contributed by atoms with van der Waals surface area (Å²) in [5.41, 5.74) is -5.33. The maximum atomic E-state index is 13.3. The second-order valence-electron chi connectivity index (χ2n) is 33.8. The van der Waals surface area contributed by atoms with Crippen molar-refractivity contribution in [2.24, 2.45) is 56.2 Å². The summed E-state index contributed by atoms with van der Waals surface area (Å²) < 4.78 is 118. The molecule has 1 aliphatic heterocycles. The van der Waals surface area contributed by atoms with Gasteiger partial charge in [0, 0.05) is 18.3 Å². The molecule has 10 aliphatic rings. The number of esters is 6. The summed E-state index contributed by atoms with van der Waals surface area (Å²) in [5, 5.41) is 10.6. The first-order valence-corrected chi connectivity index (χ1v) is 39.1. The van der Waals surface area contributed by atoms with Crippen LogP contribution in [0.25, 0.3) is 0 Å². The Labute approximate surface area is 600 Å². The third-order valence-electron chi connectivity index (χ3n) is 22.9. The van der Waals surface area contributed by atoms with Crippen molar-refractivity contribution in [3.63, 3.8) is 0 Å². The number of hydrogen-bond donors (Lipinski definition) is 1. The zero-order valence-electron chi connectivity index (χ0n) is 62.2. The molecule has 3 aromatic carbocycles. The number of alkyl halides is 3. The van der Waals surface area contributed by atoms with Gasteiger partial charge in [-0.05, 0) is 243 Å². The highest BCUT2D eigenvalue weighted by molar-refractivity contribution is 7.97. The molecule has 9 aliphatic carbocycles. The van der Waals surface area contributed by atoms with Gasteiger partial charge in [-0.3, -0.25) is 28.8 Å². The minimum absolute atomic E-state index is 0.00100. The highest BCUT2D eigenvalue weighted by atomic mass is 32.2. The number of carbonyl (C=O) groups excluding carboxylic acids is 6. The lowest BCUT2D eigenvalue weighted by molar-refractivity contribution is -0.239. The molecular formula is C79H112F4O16S2. The number of halogens is 4. The Balaban J connectivity index is 0.000000182. The lowest BCUT2D eigenvalue weighted by Gasteiger charge is -2.60. The molecule has 13 rings (SSSR count). The van der Waals surface area contributed by atoms with Gasteiger partial charge >= 0.3 is 42.0 Å². The molecule has 10 fully saturated rings. The lowest BCUT2D eigenvalue weighted by Crippen LogP contribution is -2.61. The zero-order chi connectivity index (χ0) is 75.2. The van der Waals surface area contributed by atoms with Crippen LogP contribution in [0.4, 0.5) is 17.6 Å². The zero-order valence-corrected chi connectivity index (χ0v) is 63.8. The molecule has 9 saturated carbocycles. The van der Waals surface area contributed by atoms with Crippen molar-refractivity contribution in [3.05, 3.63) is 90.7 Å². The molecule has 0 radical (unpaired) electrons. The van der Waals surface area contributed by atoms with Crippen LogP contribution in [0.3, 0.4) is 0 Å². The van der Waals surface area contributed by atoms with Crippen molar-refractivity contribution >= 4 is 56.8 Å². The molecule has 6 atom stereocenters. The summed E-state index contributed by atoms with van der Waals surface area (Å²) in [6, 6.07) is 27.5. The Kier molecular flexibility index (Phi) is 26.2. The molecule has 16 nitrogen and oxygen atoms in total. The maximum Gasteiger partial charge on any atom is 0.426 e. The van der Waals surface area contributed by atoms with Gasteiger partial charge in [-0.2, -0.15) is 13.2 Å². The minimum Gasteiger partial charge on any atom is -0.748 e. The quantitative estimate of drug-likeness (QED) is 0.0386. The average Bonchev–Trinajstić information content (AvgIpc) is 1.05. The Morgan fingerprint density at radius 2 is 0.980 bits per heavy atom. The van der Waals surface area contributed by atoms with Crippen molar-refractivity contribution < 1.29 is 92.8 Å². The number of benzene rings is 3. The third-order valence-corrected chi connectivity index (χ3v) is 25.9. The van der Waals surface area contributed by atoms with E-state index in [2.05, 4.69) is 49.8 Å². The molecule has 101 heavy (non-hydrogen) atoms. The lowest BCUT2D eigenvalue weighted by atomic mass is 9.48. The fraction of sp³-hybridized carbons (Fsp3) is 0.696. The van der Waals surface area contributed by atoms with Crippen molar-refractivity contribution in [2.75, 3.05) is 12.4 Å². The van der Waals surface area contributed by atoms with Crippen molar-refractivity contribution in [1.82, 2.24) is 0 Å². The predicted molar refractivity (Wildman–Crippen MR) is 375 cm³/mol. The van der Waals surface area contributed by atoms with Gasteiger partial charge in [-0.15, -0.1) is 0 Å². The van der Waals surface area contributed by atoms with E-state index in [1.807, 2.05) is 118 Å². The molecule has 564 valence electrons. The van der Waals surface area contributed by atoms with Crippen molar-refractivity contribution in [2.45, 2.75) is 294 Å². The van der Waals surface area contributed by atoms with E-state index >= 15 is 0 Å². The fourth-order valence-corrected chi connectivity index (χ4v) is 18.6. The SMILES string of the molecule is CCC(C)(C)C(=O)OC1(C(C)(C)C)CCCC1.CCC(C)(C)C(=O)OC12CC3CC(C1)CC(C(=O)OC(CS(=O)(=O)[O-])C(F)(F)F)(C3)C2.CCC(C)(C)C(=O)OC12CC3CC(CC(O)(C3)C1)C2.CCC(C)(C)C(=O)OC1COC(=O)C1.Fc1ccc([S+](c2ccccc2)c2ccccc2)cc1. The number of ether oxygens (including phenoxy) is 6.